The van der Waals surface area contributed by atoms with E-state index in [1.807, 2.05) is 18.2 Å². The minimum atomic E-state index is -0.172. The molecule has 2 aromatic rings. The van der Waals surface area contributed by atoms with Crippen molar-refractivity contribution in [2.75, 3.05) is 0 Å². The van der Waals surface area contributed by atoms with Gasteiger partial charge >= 0.3 is 0 Å². The minimum Gasteiger partial charge on any atom is -0.388 e. The molecule has 0 atom stereocenters. The molecule has 1 aromatic carbocycles. The largest absolute Gasteiger partial charge is 0.388 e. The van der Waals surface area contributed by atoms with Gasteiger partial charge in [0.2, 0.25) is 5.89 Å². The molecule has 4 nitrogen and oxygen atoms in total. The first-order chi connectivity index (χ1) is 7.38. The predicted molar refractivity (Wildman–Crippen MR) is 54.1 cm³/mol. The zero-order valence-corrected chi connectivity index (χ0v) is 8.26. The van der Waals surface area contributed by atoms with E-state index in [9.17, 15) is 0 Å². The Kier molecular flexibility index (Phi) is 3.09. The van der Waals surface area contributed by atoms with Crippen LogP contribution in [0.1, 0.15) is 17.3 Å². The third-order valence-corrected chi connectivity index (χ3v) is 2.12. The van der Waals surface area contributed by atoms with Crippen LogP contribution in [0.3, 0.4) is 0 Å². The van der Waals surface area contributed by atoms with Gasteiger partial charge in [-0.1, -0.05) is 35.5 Å². The molecule has 2 rings (SSSR count). The van der Waals surface area contributed by atoms with E-state index in [0.29, 0.717) is 18.1 Å². The summed E-state index contributed by atoms with van der Waals surface area (Å²) in [5.41, 5.74) is 1.24. The molecular weight excluding hydrogens is 192 g/mol. The Hall–Kier alpha value is -1.68. The van der Waals surface area contributed by atoms with E-state index in [4.69, 9.17) is 9.63 Å². The van der Waals surface area contributed by atoms with Gasteiger partial charge in [-0.15, -0.1) is 0 Å². The fourth-order valence-electron chi connectivity index (χ4n) is 1.35. The van der Waals surface area contributed by atoms with Crippen LogP contribution in [0.15, 0.2) is 34.9 Å². The van der Waals surface area contributed by atoms with Crippen LogP contribution in [0.25, 0.3) is 0 Å². The van der Waals surface area contributed by atoms with Crippen molar-refractivity contribution in [1.82, 2.24) is 10.1 Å². The molecular formula is C11H12N2O2. The first-order valence-electron chi connectivity index (χ1n) is 4.85. The highest BCUT2D eigenvalue weighted by Crippen LogP contribution is 2.05. The van der Waals surface area contributed by atoms with Crippen LogP contribution in [0.2, 0.25) is 0 Å². The summed E-state index contributed by atoms with van der Waals surface area (Å²) in [5, 5.41) is 12.4. The zero-order valence-electron chi connectivity index (χ0n) is 8.26. The Bertz CT molecular complexity index is 412. The zero-order chi connectivity index (χ0) is 10.5. The monoisotopic (exact) mass is 204 g/mol. The van der Waals surface area contributed by atoms with Gasteiger partial charge in [0, 0.05) is 6.42 Å². The predicted octanol–water partition coefficient (Wildman–Crippen LogP) is 1.35. The summed E-state index contributed by atoms with van der Waals surface area (Å²) in [6.45, 7) is -0.172. The van der Waals surface area contributed by atoms with E-state index < -0.39 is 0 Å². The summed E-state index contributed by atoms with van der Waals surface area (Å²) in [6, 6.07) is 10.1. The number of rotatable bonds is 4. The van der Waals surface area contributed by atoms with Crippen molar-refractivity contribution in [2.24, 2.45) is 0 Å². The average Bonchev–Trinajstić information content (AvgIpc) is 2.76. The van der Waals surface area contributed by atoms with E-state index in [1.54, 1.807) is 0 Å². The second kappa shape index (κ2) is 4.70. The number of aliphatic hydroxyl groups is 1. The number of hydrogen-bond acceptors (Lipinski definition) is 4. The van der Waals surface area contributed by atoms with Crippen molar-refractivity contribution >= 4 is 0 Å². The van der Waals surface area contributed by atoms with Crippen molar-refractivity contribution in [1.29, 1.82) is 0 Å². The van der Waals surface area contributed by atoms with Crippen molar-refractivity contribution in [3.05, 3.63) is 47.6 Å². The smallest absolute Gasteiger partial charge is 0.227 e. The van der Waals surface area contributed by atoms with Crippen LogP contribution < -0.4 is 0 Å². The third kappa shape index (κ3) is 2.63. The molecule has 78 valence electrons. The second-order valence-corrected chi connectivity index (χ2v) is 3.25. The lowest BCUT2D eigenvalue weighted by Gasteiger charge is -1.96. The van der Waals surface area contributed by atoms with Gasteiger partial charge < -0.3 is 9.63 Å². The first-order valence-corrected chi connectivity index (χ1v) is 4.85. The van der Waals surface area contributed by atoms with Gasteiger partial charge in [0.25, 0.3) is 0 Å². The van der Waals surface area contributed by atoms with Gasteiger partial charge in [-0.25, -0.2) is 0 Å². The van der Waals surface area contributed by atoms with Gasteiger partial charge in [-0.3, -0.25) is 0 Å². The van der Waals surface area contributed by atoms with Crippen molar-refractivity contribution in [2.45, 2.75) is 19.4 Å². The second-order valence-electron chi connectivity index (χ2n) is 3.25. The Morgan fingerprint density at radius 3 is 2.60 bits per heavy atom. The molecule has 4 heteroatoms. The SMILES string of the molecule is OCc1noc(CCc2ccccc2)n1. The lowest BCUT2D eigenvalue weighted by atomic mass is 10.1. The maximum absolute atomic E-state index is 8.75. The Labute approximate surface area is 87.6 Å². The maximum Gasteiger partial charge on any atom is 0.227 e. The molecule has 0 amide bonds. The van der Waals surface area contributed by atoms with Gasteiger partial charge in [0.05, 0.1) is 0 Å². The van der Waals surface area contributed by atoms with Gasteiger partial charge in [0.1, 0.15) is 6.61 Å². The van der Waals surface area contributed by atoms with E-state index in [1.165, 1.54) is 5.56 Å². The molecule has 0 saturated carbocycles. The van der Waals surface area contributed by atoms with Crippen molar-refractivity contribution in [3.63, 3.8) is 0 Å². The van der Waals surface area contributed by atoms with Crippen LogP contribution in [-0.4, -0.2) is 15.2 Å². The third-order valence-electron chi connectivity index (χ3n) is 2.12. The van der Waals surface area contributed by atoms with E-state index in [0.717, 1.165) is 6.42 Å². The first kappa shape index (κ1) is 9.86. The molecule has 0 bridgehead atoms. The molecule has 1 N–H and O–H groups in total. The maximum atomic E-state index is 8.75. The average molecular weight is 204 g/mol. The van der Waals surface area contributed by atoms with E-state index >= 15 is 0 Å². The number of nitrogens with zero attached hydrogens (tertiary/aromatic N) is 2. The summed E-state index contributed by atoms with van der Waals surface area (Å²) >= 11 is 0. The fourth-order valence-corrected chi connectivity index (χ4v) is 1.35. The van der Waals surface area contributed by atoms with Crippen molar-refractivity contribution < 1.29 is 9.63 Å². The Morgan fingerprint density at radius 1 is 1.13 bits per heavy atom. The molecule has 15 heavy (non-hydrogen) atoms. The highest BCUT2D eigenvalue weighted by Gasteiger charge is 2.04. The molecule has 0 aliphatic heterocycles. The molecule has 1 aromatic heterocycles. The van der Waals surface area contributed by atoms with Gasteiger partial charge in [-0.05, 0) is 12.0 Å². The number of benzene rings is 1. The lowest BCUT2D eigenvalue weighted by Crippen LogP contribution is -1.92. The molecule has 1 heterocycles. The standard InChI is InChI=1S/C11H12N2O2/c14-8-10-12-11(15-13-10)7-6-9-4-2-1-3-5-9/h1-5,14H,6-8H2. The van der Waals surface area contributed by atoms with E-state index in [-0.39, 0.29) is 6.61 Å². The van der Waals surface area contributed by atoms with E-state index in [2.05, 4.69) is 22.3 Å². The molecule has 0 saturated heterocycles. The highest BCUT2D eigenvalue weighted by molar-refractivity contribution is 5.15. The molecule has 0 fully saturated rings. The summed E-state index contributed by atoms with van der Waals surface area (Å²) in [5.74, 6) is 0.918. The molecule has 0 unspecified atom stereocenters. The lowest BCUT2D eigenvalue weighted by molar-refractivity contribution is 0.262. The summed E-state index contributed by atoms with van der Waals surface area (Å²) in [4.78, 5) is 4.02. The van der Waals surface area contributed by atoms with Crippen LogP contribution in [0.5, 0.6) is 0 Å². The van der Waals surface area contributed by atoms with Crippen LogP contribution >= 0.6 is 0 Å². The molecule has 0 radical (unpaired) electrons. The quantitative estimate of drug-likeness (QED) is 0.816. The van der Waals surface area contributed by atoms with Crippen LogP contribution in [0.4, 0.5) is 0 Å². The van der Waals surface area contributed by atoms with Crippen LogP contribution in [0, 0.1) is 0 Å². The number of aromatic nitrogens is 2. The summed E-state index contributed by atoms with van der Waals surface area (Å²) in [6.07, 6.45) is 1.57. The summed E-state index contributed by atoms with van der Waals surface area (Å²) in [7, 11) is 0. The molecule has 0 aliphatic carbocycles. The normalized spacial score (nSPS) is 10.5. The minimum absolute atomic E-state index is 0.172. The van der Waals surface area contributed by atoms with Crippen molar-refractivity contribution in [3.8, 4) is 0 Å². The molecule has 0 aliphatic rings. The van der Waals surface area contributed by atoms with Gasteiger partial charge in [-0.2, -0.15) is 4.98 Å². The summed E-state index contributed by atoms with van der Waals surface area (Å²) < 4.78 is 4.96. The number of aryl methyl sites for hydroxylation is 2. The Morgan fingerprint density at radius 2 is 1.93 bits per heavy atom. The van der Waals surface area contributed by atoms with Crippen LogP contribution in [-0.2, 0) is 19.4 Å². The highest BCUT2D eigenvalue weighted by atomic mass is 16.5. The fraction of sp³-hybridized carbons (Fsp3) is 0.273. The Balaban J connectivity index is 1.93. The number of hydrogen-bond donors (Lipinski definition) is 1. The topological polar surface area (TPSA) is 59.2 Å². The molecule has 0 spiro atoms. The number of aliphatic hydroxyl groups excluding tert-OH is 1. The van der Waals surface area contributed by atoms with Gasteiger partial charge in [0.15, 0.2) is 5.82 Å².